The smallest absolute Gasteiger partial charge is 0.335 e. The Bertz CT molecular complexity index is 846. The van der Waals surface area contributed by atoms with Gasteiger partial charge in [-0.25, -0.2) is 9.78 Å². The molecule has 4 heteroatoms. The van der Waals surface area contributed by atoms with Gasteiger partial charge in [0.05, 0.1) is 11.3 Å². The minimum atomic E-state index is -0.914. The van der Waals surface area contributed by atoms with Crippen LogP contribution in [0, 0.1) is 6.92 Å². The summed E-state index contributed by atoms with van der Waals surface area (Å²) in [4.78, 5) is 15.4. The predicted octanol–water partition coefficient (Wildman–Crippen LogP) is 4.99. The quantitative estimate of drug-likeness (QED) is 0.736. The highest BCUT2D eigenvalue weighted by Gasteiger charge is 2.03. The van der Waals surface area contributed by atoms with E-state index in [1.807, 2.05) is 17.5 Å². The molecular weight excluding hydrogens is 306 g/mol. The summed E-state index contributed by atoms with van der Waals surface area (Å²) in [6, 6.07) is 15.1. The monoisotopic (exact) mass is 321 g/mol. The summed E-state index contributed by atoms with van der Waals surface area (Å²) in [5, 5.41) is 11.8. The largest absolute Gasteiger partial charge is 0.478 e. The first-order chi connectivity index (χ1) is 11.1. The summed E-state index contributed by atoms with van der Waals surface area (Å²) < 4.78 is 0. The summed E-state index contributed by atoms with van der Waals surface area (Å²) in [7, 11) is 0. The topological polar surface area (TPSA) is 50.2 Å². The summed E-state index contributed by atoms with van der Waals surface area (Å²) in [5.74, 6) is -0.914. The third kappa shape index (κ3) is 3.73. The molecule has 0 unspecified atom stereocenters. The Labute approximate surface area is 138 Å². The number of aromatic nitrogens is 1. The van der Waals surface area contributed by atoms with E-state index in [2.05, 4.69) is 36.2 Å². The minimum Gasteiger partial charge on any atom is -0.478 e. The molecule has 2 aromatic carbocycles. The molecule has 1 aromatic heterocycles. The Hall–Kier alpha value is -2.72. The van der Waals surface area contributed by atoms with E-state index in [0.717, 1.165) is 21.8 Å². The Morgan fingerprint density at radius 3 is 2.39 bits per heavy atom. The van der Waals surface area contributed by atoms with E-state index in [9.17, 15) is 4.79 Å². The molecule has 0 aliphatic carbocycles. The normalized spacial score (nSPS) is 11.0. The zero-order valence-corrected chi connectivity index (χ0v) is 13.4. The first-order valence-electron chi connectivity index (χ1n) is 7.16. The van der Waals surface area contributed by atoms with Crippen LogP contribution in [0.5, 0.6) is 0 Å². The predicted molar refractivity (Wildman–Crippen MR) is 94.6 cm³/mol. The number of benzene rings is 2. The summed E-state index contributed by atoms with van der Waals surface area (Å²) in [6.07, 6.45) is 3.88. The number of nitrogens with zero attached hydrogens (tertiary/aromatic N) is 1. The molecule has 3 aromatic rings. The molecule has 3 rings (SSSR count). The van der Waals surface area contributed by atoms with Gasteiger partial charge in [0.25, 0.3) is 0 Å². The lowest BCUT2D eigenvalue weighted by molar-refractivity contribution is 0.0697. The van der Waals surface area contributed by atoms with Crippen LogP contribution >= 0.6 is 11.3 Å². The standard InChI is InChI=1S/C19H15NO2S/c1-13-2-7-15(8-3-13)17-12-23-18(20-17)11-6-14-4-9-16(10-5-14)19(21)22/h2-12H,1H3,(H,21,22)/b11-6+. The highest BCUT2D eigenvalue weighted by molar-refractivity contribution is 7.10. The van der Waals surface area contributed by atoms with Gasteiger partial charge < -0.3 is 5.11 Å². The van der Waals surface area contributed by atoms with Crippen molar-refractivity contribution in [2.45, 2.75) is 6.92 Å². The second-order valence-electron chi connectivity index (χ2n) is 5.20. The van der Waals surface area contributed by atoms with Crippen LogP contribution in [0.15, 0.2) is 53.9 Å². The molecule has 114 valence electrons. The molecule has 0 saturated carbocycles. The zero-order valence-electron chi connectivity index (χ0n) is 12.6. The first-order valence-corrected chi connectivity index (χ1v) is 8.04. The summed E-state index contributed by atoms with van der Waals surface area (Å²) in [5.41, 5.74) is 4.54. The van der Waals surface area contributed by atoms with Crippen molar-refractivity contribution < 1.29 is 9.90 Å². The Kier molecular flexibility index (Phi) is 4.35. The molecule has 0 aliphatic rings. The molecule has 1 heterocycles. The van der Waals surface area contributed by atoms with Gasteiger partial charge in [0, 0.05) is 10.9 Å². The average molecular weight is 321 g/mol. The van der Waals surface area contributed by atoms with E-state index in [0.29, 0.717) is 0 Å². The molecule has 0 bridgehead atoms. The number of aromatic carboxylic acids is 1. The van der Waals surface area contributed by atoms with Crippen molar-refractivity contribution in [2.24, 2.45) is 0 Å². The molecule has 0 radical (unpaired) electrons. The van der Waals surface area contributed by atoms with Crippen molar-refractivity contribution in [1.82, 2.24) is 4.98 Å². The zero-order chi connectivity index (χ0) is 16.2. The summed E-state index contributed by atoms with van der Waals surface area (Å²) in [6.45, 7) is 2.06. The molecule has 0 aliphatic heterocycles. The Morgan fingerprint density at radius 1 is 1.04 bits per heavy atom. The van der Waals surface area contributed by atoms with Crippen LogP contribution in [0.2, 0.25) is 0 Å². The van der Waals surface area contributed by atoms with Crippen LogP contribution in [-0.4, -0.2) is 16.1 Å². The molecule has 0 saturated heterocycles. The number of hydrogen-bond donors (Lipinski definition) is 1. The molecule has 3 nitrogen and oxygen atoms in total. The Morgan fingerprint density at radius 2 is 1.74 bits per heavy atom. The Balaban J connectivity index is 1.75. The highest BCUT2D eigenvalue weighted by atomic mass is 32.1. The molecule has 0 amide bonds. The fourth-order valence-electron chi connectivity index (χ4n) is 2.13. The lowest BCUT2D eigenvalue weighted by Crippen LogP contribution is -1.94. The highest BCUT2D eigenvalue weighted by Crippen LogP contribution is 2.23. The van der Waals surface area contributed by atoms with Crippen molar-refractivity contribution in [1.29, 1.82) is 0 Å². The SMILES string of the molecule is Cc1ccc(-c2csc(/C=C/c3ccc(C(=O)O)cc3)n2)cc1. The van der Waals surface area contributed by atoms with Gasteiger partial charge in [0.15, 0.2) is 0 Å². The number of aryl methyl sites for hydroxylation is 1. The van der Waals surface area contributed by atoms with Gasteiger partial charge in [0.1, 0.15) is 5.01 Å². The van der Waals surface area contributed by atoms with Gasteiger partial charge in [0.2, 0.25) is 0 Å². The third-order valence-electron chi connectivity index (χ3n) is 3.45. The first kappa shape index (κ1) is 15.2. The average Bonchev–Trinajstić information content (AvgIpc) is 3.03. The van der Waals surface area contributed by atoms with E-state index in [4.69, 9.17) is 5.11 Å². The van der Waals surface area contributed by atoms with Gasteiger partial charge in [-0.3, -0.25) is 0 Å². The van der Waals surface area contributed by atoms with E-state index < -0.39 is 5.97 Å². The van der Waals surface area contributed by atoms with Gasteiger partial charge in [-0.1, -0.05) is 48.0 Å². The van der Waals surface area contributed by atoms with Crippen molar-refractivity contribution in [3.63, 3.8) is 0 Å². The third-order valence-corrected chi connectivity index (χ3v) is 4.26. The van der Waals surface area contributed by atoms with E-state index in [1.54, 1.807) is 35.6 Å². The number of carbonyl (C=O) groups is 1. The molecule has 1 N–H and O–H groups in total. The lowest BCUT2D eigenvalue weighted by Gasteiger charge is -1.97. The molecule has 0 atom stereocenters. The van der Waals surface area contributed by atoms with Gasteiger partial charge in [-0.2, -0.15) is 0 Å². The van der Waals surface area contributed by atoms with Crippen molar-refractivity contribution in [3.05, 3.63) is 75.6 Å². The van der Waals surface area contributed by atoms with Gasteiger partial charge in [-0.05, 0) is 30.7 Å². The molecule has 0 fully saturated rings. The van der Waals surface area contributed by atoms with Gasteiger partial charge in [-0.15, -0.1) is 11.3 Å². The van der Waals surface area contributed by atoms with E-state index in [-0.39, 0.29) is 5.56 Å². The van der Waals surface area contributed by atoms with Crippen LogP contribution in [0.3, 0.4) is 0 Å². The number of thiazole rings is 1. The minimum absolute atomic E-state index is 0.290. The lowest BCUT2D eigenvalue weighted by atomic mass is 10.1. The second kappa shape index (κ2) is 6.58. The van der Waals surface area contributed by atoms with Gasteiger partial charge >= 0.3 is 5.97 Å². The molecular formula is C19H15NO2S. The fourth-order valence-corrected chi connectivity index (χ4v) is 2.84. The van der Waals surface area contributed by atoms with E-state index in [1.165, 1.54) is 5.56 Å². The van der Waals surface area contributed by atoms with Crippen LogP contribution in [-0.2, 0) is 0 Å². The van der Waals surface area contributed by atoms with Crippen molar-refractivity contribution in [3.8, 4) is 11.3 Å². The maximum Gasteiger partial charge on any atom is 0.335 e. The molecule has 0 spiro atoms. The van der Waals surface area contributed by atoms with Crippen LogP contribution in [0.4, 0.5) is 0 Å². The fraction of sp³-hybridized carbons (Fsp3) is 0.0526. The number of rotatable bonds is 4. The van der Waals surface area contributed by atoms with Crippen LogP contribution in [0.1, 0.15) is 26.5 Å². The number of carboxylic acid groups (broad SMARTS) is 1. The maximum absolute atomic E-state index is 10.8. The number of carboxylic acids is 1. The number of hydrogen-bond acceptors (Lipinski definition) is 3. The maximum atomic E-state index is 10.8. The van der Waals surface area contributed by atoms with Crippen molar-refractivity contribution in [2.75, 3.05) is 0 Å². The molecule has 23 heavy (non-hydrogen) atoms. The van der Waals surface area contributed by atoms with E-state index >= 15 is 0 Å². The van der Waals surface area contributed by atoms with Crippen molar-refractivity contribution >= 4 is 29.5 Å². The van der Waals surface area contributed by atoms with Crippen LogP contribution < -0.4 is 0 Å². The second-order valence-corrected chi connectivity index (χ2v) is 6.09. The summed E-state index contributed by atoms with van der Waals surface area (Å²) >= 11 is 1.58. The van der Waals surface area contributed by atoms with Crippen LogP contribution in [0.25, 0.3) is 23.4 Å².